The summed E-state index contributed by atoms with van der Waals surface area (Å²) in [5, 5.41) is 16.2. The molecule has 11 heteroatoms. The van der Waals surface area contributed by atoms with Crippen molar-refractivity contribution in [2.75, 3.05) is 25.0 Å². The van der Waals surface area contributed by atoms with Gasteiger partial charge in [0, 0.05) is 42.7 Å². The van der Waals surface area contributed by atoms with Gasteiger partial charge in [0.15, 0.2) is 11.8 Å². The van der Waals surface area contributed by atoms with Crippen molar-refractivity contribution in [2.45, 2.75) is 17.3 Å². The highest BCUT2D eigenvalue weighted by Crippen LogP contribution is 2.34. The van der Waals surface area contributed by atoms with Gasteiger partial charge in [-0.2, -0.15) is 0 Å². The normalized spacial score (nSPS) is 11.8. The number of aromatic nitrogens is 4. The fourth-order valence-electron chi connectivity index (χ4n) is 3.41. The van der Waals surface area contributed by atoms with Crippen molar-refractivity contribution in [3.63, 3.8) is 0 Å². The minimum absolute atomic E-state index is 0.111. The van der Waals surface area contributed by atoms with Gasteiger partial charge in [0.2, 0.25) is 0 Å². The summed E-state index contributed by atoms with van der Waals surface area (Å²) in [6.07, 6.45) is 3.30. The molecule has 2 heterocycles. The molecule has 2 aromatic heterocycles. The number of benzene rings is 2. The van der Waals surface area contributed by atoms with E-state index in [0.717, 1.165) is 21.5 Å². The van der Waals surface area contributed by atoms with E-state index in [1.807, 2.05) is 41.9 Å². The molecule has 0 spiro atoms. The predicted molar refractivity (Wildman–Crippen MR) is 139 cm³/mol. The highest BCUT2D eigenvalue weighted by Gasteiger charge is 2.14. The number of nitrogens with zero attached hydrogens (tertiary/aromatic N) is 4. The van der Waals surface area contributed by atoms with Crippen LogP contribution in [0.25, 0.3) is 10.8 Å². The lowest BCUT2D eigenvalue weighted by molar-refractivity contribution is -0.123. The monoisotopic (exact) mass is 505 g/mol. The van der Waals surface area contributed by atoms with E-state index in [4.69, 9.17) is 10.5 Å². The van der Waals surface area contributed by atoms with Crippen LogP contribution < -0.4 is 21.1 Å². The van der Waals surface area contributed by atoms with Crippen LogP contribution in [0, 0.1) is 0 Å². The van der Waals surface area contributed by atoms with Crippen LogP contribution in [-0.2, 0) is 11.8 Å². The zero-order valence-corrected chi connectivity index (χ0v) is 20.8. The first-order valence-electron chi connectivity index (χ1n) is 11.3. The standard InChI is InChI=1S/C25H27N7O3S/c1-16(36-25-31-29-15-32(25)2)17-4-3-5-20(10-17)30-24(34)22-12-19-11-21(7-6-18(19)13-28-22)35-14-23(33)27-9-8-26/h3-7,10-13,15-16H,8-9,14,26H2,1-2H3,(H,27,33)(H,30,34)/t16-/m0/s1. The number of nitrogens with one attached hydrogen (secondary N) is 2. The number of pyridine rings is 1. The third-order valence-corrected chi connectivity index (χ3v) is 6.53. The molecule has 0 unspecified atom stereocenters. The SMILES string of the molecule is C[C@H](Sc1nncn1C)c1cccc(NC(=O)c2cc3cc(OCC(=O)NCCN)ccc3cn2)c1. The maximum Gasteiger partial charge on any atom is 0.274 e. The van der Waals surface area contributed by atoms with Crippen molar-refractivity contribution in [3.8, 4) is 5.75 Å². The van der Waals surface area contributed by atoms with Gasteiger partial charge >= 0.3 is 0 Å². The molecule has 36 heavy (non-hydrogen) atoms. The Kier molecular flexibility index (Phi) is 8.13. The van der Waals surface area contributed by atoms with E-state index in [0.29, 0.717) is 24.5 Å². The van der Waals surface area contributed by atoms with E-state index in [9.17, 15) is 9.59 Å². The van der Waals surface area contributed by atoms with E-state index in [-0.39, 0.29) is 29.4 Å². The van der Waals surface area contributed by atoms with Crippen molar-refractivity contribution >= 4 is 40.0 Å². The summed E-state index contributed by atoms with van der Waals surface area (Å²) in [4.78, 5) is 29.0. The topological polar surface area (TPSA) is 137 Å². The Morgan fingerprint density at radius 1 is 1.17 bits per heavy atom. The van der Waals surface area contributed by atoms with Crippen LogP contribution in [0.1, 0.15) is 28.2 Å². The van der Waals surface area contributed by atoms with Crippen LogP contribution in [0.2, 0.25) is 0 Å². The molecule has 0 saturated heterocycles. The predicted octanol–water partition coefficient (Wildman–Crippen LogP) is 2.92. The third kappa shape index (κ3) is 6.37. The number of thioether (sulfide) groups is 1. The second-order valence-electron chi connectivity index (χ2n) is 8.07. The number of aryl methyl sites for hydroxylation is 1. The Bertz CT molecular complexity index is 1370. The summed E-state index contributed by atoms with van der Waals surface area (Å²) in [5.41, 5.74) is 7.37. The molecule has 4 rings (SSSR count). The van der Waals surface area contributed by atoms with E-state index in [1.54, 1.807) is 42.5 Å². The van der Waals surface area contributed by atoms with Crippen LogP contribution in [0.4, 0.5) is 5.69 Å². The van der Waals surface area contributed by atoms with E-state index in [1.165, 1.54) is 0 Å². The van der Waals surface area contributed by atoms with Crippen molar-refractivity contribution in [3.05, 3.63) is 72.3 Å². The lowest BCUT2D eigenvalue weighted by Crippen LogP contribution is -2.32. The van der Waals surface area contributed by atoms with Crippen molar-refractivity contribution in [1.82, 2.24) is 25.1 Å². The number of amides is 2. The van der Waals surface area contributed by atoms with Gasteiger partial charge in [-0.25, -0.2) is 0 Å². The quantitative estimate of drug-likeness (QED) is 0.280. The van der Waals surface area contributed by atoms with Gasteiger partial charge in [-0.05, 0) is 54.3 Å². The molecule has 0 aliphatic heterocycles. The first-order chi connectivity index (χ1) is 17.4. The molecule has 0 bridgehead atoms. The van der Waals surface area contributed by atoms with Crippen LogP contribution >= 0.6 is 11.8 Å². The molecular formula is C25H27N7O3S. The van der Waals surface area contributed by atoms with Crippen LogP contribution in [-0.4, -0.2) is 51.3 Å². The van der Waals surface area contributed by atoms with Gasteiger partial charge < -0.3 is 25.7 Å². The fourth-order valence-corrected chi connectivity index (χ4v) is 4.32. The Morgan fingerprint density at radius 2 is 2.03 bits per heavy atom. The molecule has 2 amide bonds. The highest BCUT2D eigenvalue weighted by atomic mass is 32.2. The summed E-state index contributed by atoms with van der Waals surface area (Å²) in [7, 11) is 1.90. The van der Waals surface area contributed by atoms with Gasteiger partial charge in [0.1, 0.15) is 17.8 Å². The molecule has 0 aliphatic rings. The van der Waals surface area contributed by atoms with Crippen molar-refractivity contribution in [1.29, 1.82) is 0 Å². The number of fused-ring (bicyclic) bond motifs is 1. The van der Waals surface area contributed by atoms with E-state index >= 15 is 0 Å². The maximum absolute atomic E-state index is 12.9. The summed E-state index contributed by atoms with van der Waals surface area (Å²) < 4.78 is 7.43. The molecular weight excluding hydrogens is 478 g/mol. The van der Waals surface area contributed by atoms with Gasteiger partial charge in [0.05, 0.1) is 0 Å². The number of carbonyl (C=O) groups excluding carboxylic acids is 2. The molecule has 10 nitrogen and oxygen atoms in total. The number of ether oxygens (including phenoxy) is 1. The van der Waals surface area contributed by atoms with E-state index < -0.39 is 0 Å². The minimum atomic E-state index is -0.324. The second-order valence-corrected chi connectivity index (χ2v) is 9.38. The highest BCUT2D eigenvalue weighted by molar-refractivity contribution is 7.99. The molecule has 4 N–H and O–H groups in total. The Labute approximate surface area is 212 Å². The number of hydrogen-bond acceptors (Lipinski definition) is 8. The Morgan fingerprint density at radius 3 is 2.81 bits per heavy atom. The van der Waals surface area contributed by atoms with Crippen LogP contribution in [0.3, 0.4) is 0 Å². The third-order valence-electron chi connectivity index (χ3n) is 5.33. The lowest BCUT2D eigenvalue weighted by Gasteiger charge is -2.13. The van der Waals surface area contributed by atoms with Crippen molar-refractivity contribution in [2.24, 2.45) is 12.8 Å². The lowest BCUT2D eigenvalue weighted by atomic mass is 10.1. The molecule has 2 aromatic carbocycles. The fraction of sp³-hybridized carbons (Fsp3) is 0.240. The van der Waals surface area contributed by atoms with Gasteiger partial charge in [-0.1, -0.05) is 23.9 Å². The zero-order chi connectivity index (χ0) is 25.5. The maximum atomic E-state index is 12.9. The van der Waals surface area contributed by atoms with Crippen molar-refractivity contribution < 1.29 is 14.3 Å². The first-order valence-corrected chi connectivity index (χ1v) is 12.2. The number of hydrogen-bond donors (Lipinski definition) is 3. The van der Waals surface area contributed by atoms with Gasteiger partial charge in [-0.15, -0.1) is 10.2 Å². The summed E-state index contributed by atoms with van der Waals surface area (Å²) >= 11 is 1.59. The molecule has 186 valence electrons. The average Bonchev–Trinajstić information content (AvgIpc) is 3.29. The number of nitrogens with two attached hydrogens (primary N) is 1. The molecule has 1 atom stereocenters. The summed E-state index contributed by atoms with van der Waals surface area (Å²) in [6.45, 7) is 2.72. The summed E-state index contributed by atoms with van der Waals surface area (Å²) in [5.74, 6) is -0.0536. The Hall–Kier alpha value is -3.96. The van der Waals surface area contributed by atoms with E-state index in [2.05, 4.69) is 32.7 Å². The average molecular weight is 506 g/mol. The second kappa shape index (κ2) is 11.6. The summed E-state index contributed by atoms with van der Waals surface area (Å²) in [6, 6.07) is 14.7. The van der Waals surface area contributed by atoms with Gasteiger partial charge in [0.25, 0.3) is 11.8 Å². The largest absolute Gasteiger partial charge is 0.484 e. The smallest absolute Gasteiger partial charge is 0.274 e. The molecule has 0 aliphatic carbocycles. The Balaban J connectivity index is 1.43. The molecule has 4 aromatic rings. The van der Waals surface area contributed by atoms with Crippen LogP contribution in [0.5, 0.6) is 5.75 Å². The zero-order valence-electron chi connectivity index (χ0n) is 20.0. The minimum Gasteiger partial charge on any atom is -0.484 e. The number of anilines is 1. The van der Waals surface area contributed by atoms with Gasteiger partial charge in [-0.3, -0.25) is 14.6 Å². The van der Waals surface area contributed by atoms with Crippen LogP contribution in [0.15, 0.2) is 66.2 Å². The molecule has 0 radical (unpaired) electrons. The molecule has 0 saturated carbocycles. The number of carbonyl (C=O) groups is 2. The first kappa shape index (κ1) is 25.1. The number of rotatable bonds is 10. The molecule has 0 fully saturated rings.